The first-order chi connectivity index (χ1) is 9.10. The minimum Gasteiger partial charge on any atom is -0.465 e. The number of nitrogens with one attached hydrogen (secondary N) is 1. The average molecular weight is 321 g/mol. The molecule has 19 heavy (non-hydrogen) atoms. The third-order valence-corrected chi connectivity index (χ3v) is 3.05. The largest absolute Gasteiger partial charge is 0.465 e. The fraction of sp³-hybridized carbons (Fsp3) is 0.0714. The van der Waals surface area contributed by atoms with E-state index in [4.69, 9.17) is 10.5 Å². The highest BCUT2D eigenvalue weighted by atomic mass is 79.9. The fourth-order valence-corrected chi connectivity index (χ4v) is 2.07. The van der Waals surface area contributed by atoms with Gasteiger partial charge in [-0.15, -0.1) is 0 Å². The summed E-state index contributed by atoms with van der Waals surface area (Å²) in [5.74, 6) is -0.426. The van der Waals surface area contributed by atoms with Crippen LogP contribution in [0, 0.1) is 0 Å². The number of anilines is 3. The molecule has 0 saturated carbocycles. The van der Waals surface area contributed by atoms with E-state index in [2.05, 4.69) is 21.2 Å². The van der Waals surface area contributed by atoms with Crippen LogP contribution in [-0.2, 0) is 4.74 Å². The molecular formula is C14H13BrN2O2. The summed E-state index contributed by atoms with van der Waals surface area (Å²) in [5, 5.41) is 3.17. The highest BCUT2D eigenvalue weighted by Gasteiger charge is 2.12. The van der Waals surface area contributed by atoms with E-state index < -0.39 is 5.97 Å². The van der Waals surface area contributed by atoms with E-state index in [1.807, 2.05) is 24.3 Å². The predicted octanol–water partition coefficient (Wildman–Crippen LogP) is 3.56. The second-order valence-electron chi connectivity index (χ2n) is 3.93. The van der Waals surface area contributed by atoms with Crippen LogP contribution >= 0.6 is 15.9 Å². The van der Waals surface area contributed by atoms with Gasteiger partial charge < -0.3 is 15.8 Å². The summed E-state index contributed by atoms with van der Waals surface area (Å²) < 4.78 is 5.70. The Labute approximate surface area is 119 Å². The minimum absolute atomic E-state index is 0.405. The van der Waals surface area contributed by atoms with Crippen molar-refractivity contribution in [1.29, 1.82) is 0 Å². The zero-order valence-corrected chi connectivity index (χ0v) is 11.9. The molecule has 4 nitrogen and oxygen atoms in total. The number of rotatable bonds is 3. The van der Waals surface area contributed by atoms with E-state index in [1.165, 1.54) is 7.11 Å². The number of nitrogens with two attached hydrogens (primary N) is 1. The van der Waals surface area contributed by atoms with Crippen LogP contribution in [0.25, 0.3) is 0 Å². The molecule has 0 aliphatic rings. The molecular weight excluding hydrogens is 308 g/mol. The highest BCUT2D eigenvalue weighted by molar-refractivity contribution is 9.10. The molecule has 0 unspecified atom stereocenters. The predicted molar refractivity (Wildman–Crippen MR) is 79.6 cm³/mol. The quantitative estimate of drug-likeness (QED) is 0.670. The number of ether oxygens (including phenoxy) is 1. The summed E-state index contributed by atoms with van der Waals surface area (Å²) in [6.07, 6.45) is 0. The Kier molecular flexibility index (Phi) is 4.06. The Morgan fingerprint density at radius 3 is 2.74 bits per heavy atom. The lowest BCUT2D eigenvalue weighted by Crippen LogP contribution is -2.06. The van der Waals surface area contributed by atoms with Crippen molar-refractivity contribution in [3.8, 4) is 0 Å². The van der Waals surface area contributed by atoms with E-state index >= 15 is 0 Å². The van der Waals surface area contributed by atoms with Gasteiger partial charge in [-0.25, -0.2) is 4.79 Å². The number of carbonyl (C=O) groups is 1. The smallest absolute Gasteiger partial charge is 0.340 e. The molecule has 2 aromatic carbocycles. The molecule has 0 bridgehead atoms. The zero-order chi connectivity index (χ0) is 13.8. The summed E-state index contributed by atoms with van der Waals surface area (Å²) in [5.41, 5.74) is 8.13. The molecule has 0 fully saturated rings. The van der Waals surface area contributed by atoms with Crippen molar-refractivity contribution in [2.45, 2.75) is 0 Å². The standard InChI is InChI=1S/C14H13BrN2O2/c1-19-14(18)12-8-10(16)5-6-13(12)17-11-4-2-3-9(15)7-11/h2-8,17H,16H2,1H3. The molecule has 0 saturated heterocycles. The van der Waals surface area contributed by atoms with Crippen LogP contribution in [0.1, 0.15) is 10.4 Å². The third kappa shape index (κ3) is 3.26. The SMILES string of the molecule is COC(=O)c1cc(N)ccc1Nc1cccc(Br)c1. The third-order valence-electron chi connectivity index (χ3n) is 2.55. The van der Waals surface area contributed by atoms with Gasteiger partial charge in [-0.2, -0.15) is 0 Å². The zero-order valence-electron chi connectivity index (χ0n) is 10.3. The number of carbonyl (C=O) groups excluding carboxylic acids is 1. The summed E-state index contributed by atoms with van der Waals surface area (Å²) in [6, 6.07) is 12.7. The van der Waals surface area contributed by atoms with Crippen molar-refractivity contribution < 1.29 is 9.53 Å². The van der Waals surface area contributed by atoms with Crippen LogP contribution in [0.15, 0.2) is 46.9 Å². The number of hydrogen-bond donors (Lipinski definition) is 2. The highest BCUT2D eigenvalue weighted by Crippen LogP contribution is 2.25. The first kappa shape index (κ1) is 13.4. The molecule has 0 aromatic heterocycles. The lowest BCUT2D eigenvalue weighted by Gasteiger charge is -2.11. The number of methoxy groups -OCH3 is 1. The summed E-state index contributed by atoms with van der Waals surface area (Å²) in [6.45, 7) is 0. The molecule has 0 aliphatic carbocycles. The Morgan fingerprint density at radius 1 is 1.26 bits per heavy atom. The number of nitrogen functional groups attached to an aromatic ring is 1. The Balaban J connectivity index is 2.37. The molecule has 0 heterocycles. The van der Waals surface area contributed by atoms with Crippen LogP contribution in [-0.4, -0.2) is 13.1 Å². The molecule has 0 atom stereocenters. The van der Waals surface area contributed by atoms with E-state index in [0.717, 1.165) is 10.2 Å². The van der Waals surface area contributed by atoms with E-state index in [9.17, 15) is 4.79 Å². The van der Waals surface area contributed by atoms with Crippen LogP contribution in [0.3, 0.4) is 0 Å². The van der Waals surface area contributed by atoms with Gasteiger partial charge in [0.05, 0.1) is 18.4 Å². The second-order valence-corrected chi connectivity index (χ2v) is 4.85. The van der Waals surface area contributed by atoms with Crippen LogP contribution in [0.5, 0.6) is 0 Å². The molecule has 2 aromatic rings. The molecule has 0 aliphatic heterocycles. The van der Waals surface area contributed by atoms with Gasteiger partial charge in [-0.05, 0) is 36.4 Å². The maximum absolute atomic E-state index is 11.7. The van der Waals surface area contributed by atoms with Gasteiger partial charge in [0.25, 0.3) is 0 Å². The summed E-state index contributed by atoms with van der Waals surface area (Å²) >= 11 is 3.40. The van der Waals surface area contributed by atoms with E-state index in [1.54, 1.807) is 18.2 Å². The molecule has 0 radical (unpaired) electrons. The Morgan fingerprint density at radius 2 is 2.05 bits per heavy atom. The van der Waals surface area contributed by atoms with Crippen LogP contribution in [0.4, 0.5) is 17.1 Å². The van der Waals surface area contributed by atoms with Gasteiger partial charge in [0, 0.05) is 15.8 Å². The number of halogens is 1. The molecule has 0 amide bonds. The minimum atomic E-state index is -0.426. The first-order valence-corrected chi connectivity index (χ1v) is 6.40. The summed E-state index contributed by atoms with van der Waals surface area (Å²) in [4.78, 5) is 11.7. The van der Waals surface area contributed by atoms with Crippen molar-refractivity contribution in [3.63, 3.8) is 0 Å². The van der Waals surface area contributed by atoms with Crippen molar-refractivity contribution in [2.75, 3.05) is 18.2 Å². The van der Waals surface area contributed by atoms with Crippen LogP contribution in [0.2, 0.25) is 0 Å². The Hall–Kier alpha value is -2.01. The average Bonchev–Trinajstić information content (AvgIpc) is 2.40. The molecule has 5 heteroatoms. The molecule has 0 spiro atoms. The van der Waals surface area contributed by atoms with Crippen molar-refractivity contribution in [3.05, 3.63) is 52.5 Å². The molecule has 2 rings (SSSR count). The normalized spacial score (nSPS) is 10.0. The van der Waals surface area contributed by atoms with Crippen molar-refractivity contribution >= 4 is 39.0 Å². The first-order valence-electron chi connectivity index (χ1n) is 5.60. The second kappa shape index (κ2) is 5.75. The van der Waals surface area contributed by atoms with Gasteiger partial charge in [0.15, 0.2) is 0 Å². The molecule has 98 valence electrons. The van der Waals surface area contributed by atoms with E-state index in [-0.39, 0.29) is 0 Å². The monoisotopic (exact) mass is 320 g/mol. The lowest BCUT2D eigenvalue weighted by molar-refractivity contribution is 0.0602. The number of hydrogen-bond acceptors (Lipinski definition) is 4. The maximum Gasteiger partial charge on any atom is 0.340 e. The van der Waals surface area contributed by atoms with Crippen LogP contribution < -0.4 is 11.1 Å². The number of esters is 1. The van der Waals surface area contributed by atoms with Gasteiger partial charge in [-0.1, -0.05) is 22.0 Å². The van der Waals surface area contributed by atoms with Crippen molar-refractivity contribution in [2.24, 2.45) is 0 Å². The fourth-order valence-electron chi connectivity index (χ4n) is 1.67. The van der Waals surface area contributed by atoms with Gasteiger partial charge >= 0.3 is 5.97 Å². The Bertz CT molecular complexity index is 614. The lowest BCUT2D eigenvalue weighted by atomic mass is 10.1. The van der Waals surface area contributed by atoms with Gasteiger partial charge in [0.1, 0.15) is 0 Å². The van der Waals surface area contributed by atoms with Crippen molar-refractivity contribution in [1.82, 2.24) is 0 Å². The maximum atomic E-state index is 11.7. The molecule has 3 N–H and O–H groups in total. The van der Waals surface area contributed by atoms with E-state index in [0.29, 0.717) is 16.9 Å². The van der Waals surface area contributed by atoms with Gasteiger partial charge in [-0.3, -0.25) is 0 Å². The summed E-state index contributed by atoms with van der Waals surface area (Å²) in [7, 11) is 1.34. The van der Waals surface area contributed by atoms with Gasteiger partial charge in [0.2, 0.25) is 0 Å². The topological polar surface area (TPSA) is 64.3 Å². The number of benzene rings is 2.